The summed E-state index contributed by atoms with van der Waals surface area (Å²) >= 11 is 0. The van der Waals surface area contributed by atoms with E-state index in [1.165, 1.54) is 6.20 Å². The van der Waals surface area contributed by atoms with E-state index in [1.54, 1.807) is 13.8 Å². The van der Waals surface area contributed by atoms with Crippen LogP contribution in [0, 0.1) is 6.92 Å². The molecule has 19 heavy (non-hydrogen) atoms. The van der Waals surface area contributed by atoms with Crippen LogP contribution < -0.4 is 0 Å². The number of carbonyl (C=O) groups excluding carboxylic acids is 1. The zero-order chi connectivity index (χ0) is 14.3. The van der Waals surface area contributed by atoms with Crippen molar-refractivity contribution in [2.75, 3.05) is 19.8 Å². The lowest BCUT2D eigenvalue weighted by Gasteiger charge is -2.18. The molecule has 0 saturated carbocycles. The van der Waals surface area contributed by atoms with Crippen LogP contribution in [0.25, 0.3) is 0 Å². The first-order valence-corrected chi connectivity index (χ1v) is 6.37. The standard InChI is InChI=1S/C13H20N2O4/c1-5-17-12(16)10-8-14-9(4)15-11(10)13(18-6-2)19-7-3/h8,13H,5-7H2,1-4H3. The zero-order valence-corrected chi connectivity index (χ0v) is 11.8. The molecule has 0 N–H and O–H groups in total. The second kappa shape index (κ2) is 7.81. The summed E-state index contributed by atoms with van der Waals surface area (Å²) in [5.41, 5.74) is 0.689. The van der Waals surface area contributed by atoms with E-state index in [0.29, 0.717) is 31.3 Å². The lowest BCUT2D eigenvalue weighted by Crippen LogP contribution is -2.18. The van der Waals surface area contributed by atoms with Gasteiger partial charge in [0.15, 0.2) is 0 Å². The Balaban J connectivity index is 3.13. The van der Waals surface area contributed by atoms with Crippen molar-refractivity contribution in [3.63, 3.8) is 0 Å². The number of rotatable bonds is 7. The third-order valence-electron chi connectivity index (χ3n) is 2.29. The third kappa shape index (κ3) is 4.25. The summed E-state index contributed by atoms with van der Waals surface area (Å²) in [4.78, 5) is 20.2. The lowest BCUT2D eigenvalue weighted by molar-refractivity contribution is -0.143. The van der Waals surface area contributed by atoms with E-state index in [2.05, 4.69) is 9.97 Å². The van der Waals surface area contributed by atoms with Crippen molar-refractivity contribution in [2.24, 2.45) is 0 Å². The molecule has 1 heterocycles. The van der Waals surface area contributed by atoms with Crippen molar-refractivity contribution in [3.05, 3.63) is 23.3 Å². The summed E-state index contributed by atoms with van der Waals surface area (Å²) < 4.78 is 15.9. The van der Waals surface area contributed by atoms with Crippen molar-refractivity contribution in [3.8, 4) is 0 Å². The number of hydrogen-bond donors (Lipinski definition) is 0. The van der Waals surface area contributed by atoms with Gasteiger partial charge in [-0.15, -0.1) is 0 Å². The van der Waals surface area contributed by atoms with E-state index < -0.39 is 12.3 Å². The Bertz CT molecular complexity index is 417. The average Bonchev–Trinajstić information content (AvgIpc) is 2.38. The molecule has 1 rings (SSSR count). The minimum atomic E-state index is -0.684. The summed E-state index contributed by atoms with van der Waals surface area (Å²) in [7, 11) is 0. The van der Waals surface area contributed by atoms with Crippen LogP contribution >= 0.6 is 0 Å². The first kappa shape index (κ1) is 15.5. The van der Waals surface area contributed by atoms with Crippen molar-refractivity contribution in [1.29, 1.82) is 0 Å². The quantitative estimate of drug-likeness (QED) is 0.556. The van der Waals surface area contributed by atoms with Crippen LogP contribution in [0.1, 0.15) is 48.9 Å². The molecule has 0 bridgehead atoms. The molecule has 0 saturated heterocycles. The predicted octanol–water partition coefficient (Wildman–Crippen LogP) is 2.03. The van der Waals surface area contributed by atoms with Crippen molar-refractivity contribution in [2.45, 2.75) is 34.0 Å². The Kier molecular flexibility index (Phi) is 6.38. The number of aryl methyl sites for hydroxylation is 1. The van der Waals surface area contributed by atoms with Crippen molar-refractivity contribution >= 4 is 5.97 Å². The molecule has 0 unspecified atom stereocenters. The molecule has 1 aromatic heterocycles. The Labute approximate surface area is 113 Å². The number of hydrogen-bond acceptors (Lipinski definition) is 6. The summed E-state index contributed by atoms with van der Waals surface area (Å²) in [5.74, 6) is 0.0781. The largest absolute Gasteiger partial charge is 0.462 e. The van der Waals surface area contributed by atoms with E-state index in [1.807, 2.05) is 13.8 Å². The highest BCUT2D eigenvalue weighted by molar-refractivity contribution is 5.90. The van der Waals surface area contributed by atoms with Gasteiger partial charge >= 0.3 is 5.97 Å². The molecular weight excluding hydrogens is 248 g/mol. The normalized spacial score (nSPS) is 10.8. The third-order valence-corrected chi connectivity index (χ3v) is 2.29. The van der Waals surface area contributed by atoms with Gasteiger partial charge in [-0.05, 0) is 27.7 Å². The van der Waals surface area contributed by atoms with E-state index in [9.17, 15) is 4.79 Å². The zero-order valence-electron chi connectivity index (χ0n) is 11.8. The van der Waals surface area contributed by atoms with E-state index in [0.717, 1.165) is 0 Å². The van der Waals surface area contributed by atoms with Gasteiger partial charge in [0, 0.05) is 19.4 Å². The van der Waals surface area contributed by atoms with Gasteiger partial charge in [0.05, 0.1) is 6.61 Å². The highest BCUT2D eigenvalue weighted by Crippen LogP contribution is 2.21. The van der Waals surface area contributed by atoms with Gasteiger partial charge in [-0.3, -0.25) is 0 Å². The lowest BCUT2D eigenvalue weighted by atomic mass is 10.2. The molecule has 6 nitrogen and oxygen atoms in total. The molecule has 106 valence electrons. The topological polar surface area (TPSA) is 70.5 Å². The average molecular weight is 268 g/mol. The van der Waals surface area contributed by atoms with Crippen molar-refractivity contribution < 1.29 is 19.0 Å². The van der Waals surface area contributed by atoms with Gasteiger partial charge in [-0.1, -0.05) is 0 Å². The van der Waals surface area contributed by atoms with Crippen LogP contribution in [0.4, 0.5) is 0 Å². The first-order chi connectivity index (χ1) is 9.13. The molecule has 0 aliphatic rings. The molecule has 0 spiro atoms. The molecule has 0 radical (unpaired) electrons. The summed E-state index contributed by atoms with van der Waals surface area (Å²) in [6, 6.07) is 0. The Hall–Kier alpha value is -1.53. The first-order valence-electron chi connectivity index (χ1n) is 6.37. The van der Waals surface area contributed by atoms with E-state index in [4.69, 9.17) is 14.2 Å². The number of esters is 1. The second-order valence-electron chi connectivity index (χ2n) is 3.68. The predicted molar refractivity (Wildman–Crippen MR) is 68.7 cm³/mol. The molecule has 0 fully saturated rings. The van der Waals surface area contributed by atoms with Gasteiger partial charge in [0.25, 0.3) is 0 Å². The molecule has 0 atom stereocenters. The monoisotopic (exact) mass is 268 g/mol. The smallest absolute Gasteiger partial charge is 0.341 e. The van der Waals surface area contributed by atoms with E-state index in [-0.39, 0.29) is 5.56 Å². The number of carbonyl (C=O) groups is 1. The van der Waals surface area contributed by atoms with Gasteiger partial charge in [0.2, 0.25) is 6.29 Å². The fraction of sp³-hybridized carbons (Fsp3) is 0.615. The summed E-state index contributed by atoms with van der Waals surface area (Å²) in [5, 5.41) is 0. The van der Waals surface area contributed by atoms with Crippen LogP contribution in [0.15, 0.2) is 6.20 Å². The summed E-state index contributed by atoms with van der Waals surface area (Å²) in [6.07, 6.45) is 0.761. The van der Waals surface area contributed by atoms with Crippen LogP contribution in [-0.2, 0) is 14.2 Å². The Morgan fingerprint density at radius 1 is 1.21 bits per heavy atom. The van der Waals surface area contributed by atoms with Crippen LogP contribution in [0.5, 0.6) is 0 Å². The summed E-state index contributed by atoms with van der Waals surface area (Å²) in [6.45, 7) is 8.39. The maximum atomic E-state index is 11.9. The molecule has 0 aromatic carbocycles. The van der Waals surface area contributed by atoms with Crippen LogP contribution in [0.3, 0.4) is 0 Å². The maximum Gasteiger partial charge on any atom is 0.341 e. The highest BCUT2D eigenvalue weighted by Gasteiger charge is 2.23. The van der Waals surface area contributed by atoms with E-state index >= 15 is 0 Å². The Morgan fingerprint density at radius 3 is 2.37 bits per heavy atom. The van der Waals surface area contributed by atoms with Crippen LogP contribution in [0.2, 0.25) is 0 Å². The molecular formula is C13H20N2O4. The number of aromatic nitrogens is 2. The molecule has 0 amide bonds. The SMILES string of the molecule is CCOC(=O)c1cnc(C)nc1C(OCC)OCC. The molecule has 0 aliphatic heterocycles. The fourth-order valence-corrected chi connectivity index (χ4v) is 1.54. The Morgan fingerprint density at radius 2 is 1.84 bits per heavy atom. The molecule has 0 aliphatic carbocycles. The number of nitrogens with zero attached hydrogens (tertiary/aromatic N) is 2. The minimum Gasteiger partial charge on any atom is -0.462 e. The fourth-order valence-electron chi connectivity index (χ4n) is 1.54. The van der Waals surface area contributed by atoms with Gasteiger partial charge in [-0.25, -0.2) is 14.8 Å². The van der Waals surface area contributed by atoms with Crippen molar-refractivity contribution in [1.82, 2.24) is 9.97 Å². The number of ether oxygens (including phenoxy) is 3. The van der Waals surface area contributed by atoms with Gasteiger partial charge in [-0.2, -0.15) is 0 Å². The highest BCUT2D eigenvalue weighted by atomic mass is 16.7. The van der Waals surface area contributed by atoms with Crippen LogP contribution in [-0.4, -0.2) is 35.8 Å². The molecule has 1 aromatic rings. The van der Waals surface area contributed by atoms with Gasteiger partial charge in [0.1, 0.15) is 17.1 Å². The molecule has 6 heteroatoms. The maximum absolute atomic E-state index is 11.9. The second-order valence-corrected chi connectivity index (χ2v) is 3.68. The van der Waals surface area contributed by atoms with Gasteiger partial charge < -0.3 is 14.2 Å². The minimum absolute atomic E-state index is 0.277.